The third-order valence-corrected chi connectivity index (χ3v) is 4.36. The van der Waals surface area contributed by atoms with Crippen molar-refractivity contribution in [3.8, 4) is 11.5 Å². The normalized spacial score (nSPS) is 19.2. The van der Waals surface area contributed by atoms with Gasteiger partial charge in [0.05, 0.1) is 0 Å². The maximum absolute atomic E-state index is 12.7. The lowest BCUT2D eigenvalue weighted by Crippen LogP contribution is -2.53. The highest BCUT2D eigenvalue weighted by Gasteiger charge is 2.48. The number of nitrogens with zero attached hydrogens (tertiary/aromatic N) is 1. The van der Waals surface area contributed by atoms with Gasteiger partial charge in [-0.2, -0.15) is 0 Å². The molecule has 128 valence electrons. The number of carbonyl (C=O) groups excluding carboxylic acids is 1. The van der Waals surface area contributed by atoms with Crippen molar-refractivity contribution in [1.29, 1.82) is 0 Å². The number of aliphatic carboxylic acids is 1. The summed E-state index contributed by atoms with van der Waals surface area (Å²) in [5.41, 5.74) is 0.530. The maximum Gasteiger partial charge on any atom is 0.330 e. The molecule has 0 aliphatic carbocycles. The molecule has 0 aromatic heterocycles. The van der Waals surface area contributed by atoms with Crippen LogP contribution < -0.4 is 4.90 Å². The van der Waals surface area contributed by atoms with Crippen molar-refractivity contribution >= 4 is 23.6 Å². The summed E-state index contributed by atoms with van der Waals surface area (Å²) in [6.45, 7) is 1.52. The van der Waals surface area contributed by atoms with Crippen molar-refractivity contribution in [2.24, 2.45) is 0 Å². The van der Waals surface area contributed by atoms with Crippen LogP contribution in [0.1, 0.15) is 18.1 Å². The minimum atomic E-state index is -1.36. The lowest BCUT2D eigenvalue weighted by molar-refractivity contribution is -0.143. The number of rotatable bonds is 3. The topological polar surface area (TPSA) is 98.1 Å². The first-order valence-corrected chi connectivity index (χ1v) is 7.68. The first-order valence-electron chi connectivity index (χ1n) is 7.68. The third-order valence-electron chi connectivity index (χ3n) is 4.36. The summed E-state index contributed by atoms with van der Waals surface area (Å²) in [6, 6.07) is 11.3. The first-order chi connectivity index (χ1) is 11.8. The molecule has 2 aromatic rings. The van der Waals surface area contributed by atoms with E-state index in [0.29, 0.717) is 11.3 Å². The van der Waals surface area contributed by atoms with Gasteiger partial charge in [-0.25, -0.2) is 4.79 Å². The summed E-state index contributed by atoms with van der Waals surface area (Å²) in [6.07, 6.45) is 2.96. The van der Waals surface area contributed by atoms with Crippen LogP contribution in [0.5, 0.6) is 11.5 Å². The highest BCUT2D eigenvalue weighted by molar-refractivity contribution is 6.10. The number of hydrogen-bond acceptors (Lipinski definition) is 4. The molecule has 25 heavy (non-hydrogen) atoms. The fraction of sp³-hybridized carbons (Fsp3) is 0.158. The second-order valence-electron chi connectivity index (χ2n) is 6.14. The maximum atomic E-state index is 12.7. The van der Waals surface area contributed by atoms with Crippen molar-refractivity contribution in [1.82, 2.24) is 0 Å². The van der Waals surface area contributed by atoms with E-state index < -0.39 is 17.4 Å². The minimum Gasteiger partial charge on any atom is -0.504 e. The summed E-state index contributed by atoms with van der Waals surface area (Å²) in [5, 5.41) is 28.5. The molecular formula is C19H17NO5. The number of carbonyl (C=O) groups is 2. The number of benzene rings is 2. The number of hydrogen-bond donors (Lipinski definition) is 3. The van der Waals surface area contributed by atoms with Gasteiger partial charge in [-0.05, 0) is 42.3 Å². The molecule has 1 aliphatic rings. The average Bonchev–Trinajstić information content (AvgIpc) is 2.89. The van der Waals surface area contributed by atoms with E-state index in [1.54, 1.807) is 12.1 Å². The molecule has 0 bridgehead atoms. The molecule has 0 unspecified atom stereocenters. The predicted octanol–water partition coefficient (Wildman–Crippen LogP) is 2.54. The van der Waals surface area contributed by atoms with Crippen LogP contribution >= 0.6 is 0 Å². The van der Waals surface area contributed by atoms with E-state index in [4.69, 9.17) is 0 Å². The Labute approximate surface area is 144 Å². The van der Waals surface area contributed by atoms with Gasteiger partial charge in [-0.1, -0.05) is 24.3 Å². The lowest BCUT2D eigenvalue weighted by Gasteiger charge is -2.30. The average molecular weight is 339 g/mol. The largest absolute Gasteiger partial charge is 0.504 e. The van der Waals surface area contributed by atoms with Crippen LogP contribution in [-0.2, 0) is 16.0 Å². The molecule has 0 spiro atoms. The molecule has 6 nitrogen and oxygen atoms in total. The Morgan fingerprint density at radius 3 is 2.52 bits per heavy atom. The van der Waals surface area contributed by atoms with Crippen LogP contribution in [-0.4, -0.2) is 32.7 Å². The third kappa shape index (κ3) is 2.82. The zero-order valence-corrected chi connectivity index (χ0v) is 13.5. The van der Waals surface area contributed by atoms with Gasteiger partial charge in [0.25, 0.3) is 5.91 Å². The summed E-state index contributed by atoms with van der Waals surface area (Å²) < 4.78 is 0. The minimum absolute atomic E-state index is 0.234. The van der Waals surface area contributed by atoms with Crippen molar-refractivity contribution in [2.45, 2.75) is 18.9 Å². The van der Waals surface area contributed by atoms with Crippen molar-refractivity contribution in [2.75, 3.05) is 4.90 Å². The Kier molecular flexibility index (Phi) is 3.96. The SMILES string of the molecule is C[C@]1(C(=O)O)Cc2ccccc2N1C(=O)/C=C/c1ccc(O)c(O)c1. The lowest BCUT2D eigenvalue weighted by atomic mass is 9.96. The van der Waals surface area contributed by atoms with Crippen LogP contribution in [0.4, 0.5) is 5.69 Å². The van der Waals surface area contributed by atoms with Gasteiger partial charge in [0.1, 0.15) is 5.54 Å². The highest BCUT2D eigenvalue weighted by atomic mass is 16.4. The smallest absolute Gasteiger partial charge is 0.330 e. The van der Waals surface area contributed by atoms with Crippen LogP contribution in [0.15, 0.2) is 48.5 Å². The molecule has 6 heteroatoms. The number of fused-ring (bicyclic) bond motifs is 1. The van der Waals surface area contributed by atoms with Gasteiger partial charge in [0.15, 0.2) is 11.5 Å². The molecule has 3 rings (SSSR count). The van der Waals surface area contributed by atoms with Gasteiger partial charge in [0.2, 0.25) is 0 Å². The van der Waals surface area contributed by atoms with Gasteiger partial charge in [-0.15, -0.1) is 0 Å². The van der Waals surface area contributed by atoms with E-state index in [0.717, 1.165) is 5.56 Å². The van der Waals surface area contributed by atoms with Gasteiger partial charge in [-0.3, -0.25) is 9.69 Å². The van der Waals surface area contributed by atoms with Crippen molar-refractivity contribution in [3.63, 3.8) is 0 Å². The van der Waals surface area contributed by atoms with Crippen molar-refractivity contribution in [3.05, 3.63) is 59.7 Å². The monoisotopic (exact) mass is 339 g/mol. The van der Waals surface area contributed by atoms with E-state index >= 15 is 0 Å². The number of carboxylic acids is 1. The van der Waals surface area contributed by atoms with Crippen molar-refractivity contribution < 1.29 is 24.9 Å². The molecule has 0 saturated carbocycles. The zero-order chi connectivity index (χ0) is 18.2. The molecule has 0 saturated heterocycles. The quantitative estimate of drug-likeness (QED) is 0.590. The molecule has 1 atom stereocenters. The molecule has 0 fully saturated rings. The van der Waals surface area contributed by atoms with Gasteiger partial charge < -0.3 is 15.3 Å². The Morgan fingerprint density at radius 2 is 1.84 bits per heavy atom. The Hall–Kier alpha value is -3.28. The number of aromatic hydroxyl groups is 2. The van der Waals surface area contributed by atoms with Crippen LogP contribution in [0.3, 0.4) is 0 Å². The fourth-order valence-corrected chi connectivity index (χ4v) is 3.01. The highest BCUT2D eigenvalue weighted by Crippen LogP contribution is 2.39. The second-order valence-corrected chi connectivity index (χ2v) is 6.14. The molecular weight excluding hydrogens is 322 g/mol. The van der Waals surface area contributed by atoms with Crippen LogP contribution in [0.25, 0.3) is 6.08 Å². The van der Waals surface area contributed by atoms with E-state index in [1.165, 1.54) is 42.2 Å². The molecule has 1 aliphatic heterocycles. The molecule has 0 radical (unpaired) electrons. The molecule has 3 N–H and O–H groups in total. The summed E-state index contributed by atoms with van der Waals surface area (Å²) in [4.78, 5) is 25.8. The van der Waals surface area contributed by atoms with E-state index in [-0.39, 0.29) is 17.9 Å². The van der Waals surface area contributed by atoms with Crippen LogP contribution in [0, 0.1) is 0 Å². The van der Waals surface area contributed by atoms with Gasteiger partial charge in [0, 0.05) is 18.2 Å². The molecule has 1 amide bonds. The number of phenols is 2. The summed E-state index contributed by atoms with van der Waals surface area (Å²) >= 11 is 0. The number of amides is 1. The Bertz CT molecular complexity index is 889. The Balaban J connectivity index is 1.94. The number of para-hydroxylation sites is 1. The predicted molar refractivity (Wildman–Crippen MR) is 92.5 cm³/mol. The summed E-state index contributed by atoms with van der Waals surface area (Å²) in [5.74, 6) is -2.10. The van der Waals surface area contributed by atoms with E-state index in [1.807, 2.05) is 12.1 Å². The van der Waals surface area contributed by atoms with E-state index in [2.05, 4.69) is 0 Å². The number of anilines is 1. The van der Waals surface area contributed by atoms with E-state index in [9.17, 15) is 24.9 Å². The van der Waals surface area contributed by atoms with Crippen LogP contribution in [0.2, 0.25) is 0 Å². The fourth-order valence-electron chi connectivity index (χ4n) is 3.01. The standard InChI is InChI=1S/C19H17NO5/c1-19(18(24)25)11-13-4-2-3-5-14(13)20(19)17(23)9-7-12-6-8-15(21)16(22)10-12/h2-10,21-22H,11H2,1H3,(H,24,25)/b9-7+/t19-/m1/s1. The van der Waals surface area contributed by atoms with Gasteiger partial charge >= 0.3 is 5.97 Å². The number of phenolic OH excluding ortho intramolecular Hbond substituents is 2. The molecule has 1 heterocycles. The number of carboxylic acid groups (broad SMARTS) is 1. The second kappa shape index (κ2) is 5.98. The Morgan fingerprint density at radius 1 is 1.12 bits per heavy atom. The summed E-state index contributed by atoms with van der Waals surface area (Å²) in [7, 11) is 0. The molecule has 2 aromatic carbocycles. The first kappa shape index (κ1) is 16.6. The zero-order valence-electron chi connectivity index (χ0n) is 13.5.